The molecule has 4 nitrogen and oxygen atoms in total. The van der Waals surface area contributed by atoms with E-state index in [4.69, 9.17) is 0 Å². The van der Waals surface area contributed by atoms with Gasteiger partial charge in [-0.3, -0.25) is 0 Å². The summed E-state index contributed by atoms with van der Waals surface area (Å²) < 4.78 is 0. The molecule has 0 radical (unpaired) electrons. The van der Waals surface area contributed by atoms with Crippen molar-refractivity contribution in [1.29, 1.82) is 0 Å². The lowest BCUT2D eigenvalue weighted by Crippen LogP contribution is -1.86. The maximum Gasteiger partial charge on any atom is 0.124 e. The van der Waals surface area contributed by atoms with E-state index in [1.165, 1.54) is 0 Å². The average Bonchev–Trinajstić information content (AvgIpc) is 2.53. The second kappa shape index (κ2) is 2.73. The Hall–Kier alpha value is -1.71. The van der Waals surface area contributed by atoms with Gasteiger partial charge in [0.2, 0.25) is 0 Å². The number of aromatic nitrogens is 3. The molecule has 0 saturated heterocycles. The largest absolute Gasteiger partial charge is 0.303 e. The highest BCUT2D eigenvalue weighted by atomic mass is 16.1. The summed E-state index contributed by atoms with van der Waals surface area (Å²) in [6, 6.07) is 5.59. The topological polar surface area (TPSA) is 58.6 Å². The Morgan fingerprint density at radius 3 is 3.17 bits per heavy atom. The van der Waals surface area contributed by atoms with Crippen LogP contribution in [-0.4, -0.2) is 21.7 Å². The first-order valence-corrected chi connectivity index (χ1v) is 3.64. The fourth-order valence-electron chi connectivity index (χ4n) is 1.18. The standard InChI is InChI=1S/C8H7N3O/c12-5-4-6-2-1-3-7-8(6)10-11-9-7/h1-3,5H,4H2,(H,9,10,11). The molecule has 0 unspecified atom stereocenters. The molecule has 0 fully saturated rings. The average molecular weight is 161 g/mol. The fraction of sp³-hybridized carbons (Fsp3) is 0.125. The third kappa shape index (κ3) is 0.972. The smallest absolute Gasteiger partial charge is 0.124 e. The molecular formula is C8H7N3O. The van der Waals surface area contributed by atoms with Crippen molar-refractivity contribution in [2.24, 2.45) is 0 Å². The molecule has 0 atom stereocenters. The summed E-state index contributed by atoms with van der Waals surface area (Å²) in [5, 5.41) is 10.4. The van der Waals surface area contributed by atoms with Gasteiger partial charge in [-0.2, -0.15) is 15.4 Å². The molecule has 0 saturated carbocycles. The minimum atomic E-state index is 0.393. The summed E-state index contributed by atoms with van der Waals surface area (Å²) in [4.78, 5) is 10.3. The van der Waals surface area contributed by atoms with E-state index in [2.05, 4.69) is 15.4 Å². The summed E-state index contributed by atoms with van der Waals surface area (Å²) in [7, 11) is 0. The van der Waals surface area contributed by atoms with Crippen LogP contribution in [0.3, 0.4) is 0 Å². The molecule has 60 valence electrons. The second-order valence-electron chi connectivity index (χ2n) is 2.48. The zero-order valence-electron chi connectivity index (χ0n) is 6.32. The first-order chi connectivity index (χ1) is 5.92. The van der Waals surface area contributed by atoms with Crippen molar-refractivity contribution in [1.82, 2.24) is 15.4 Å². The third-order valence-electron chi connectivity index (χ3n) is 1.73. The molecular weight excluding hydrogens is 154 g/mol. The molecule has 4 heteroatoms. The Bertz CT molecular complexity index is 407. The van der Waals surface area contributed by atoms with Crippen molar-refractivity contribution in [3.63, 3.8) is 0 Å². The molecule has 1 aromatic heterocycles. The first kappa shape index (κ1) is 6.97. The van der Waals surface area contributed by atoms with E-state index >= 15 is 0 Å². The van der Waals surface area contributed by atoms with E-state index < -0.39 is 0 Å². The number of rotatable bonds is 2. The predicted molar refractivity (Wildman–Crippen MR) is 43.7 cm³/mol. The van der Waals surface area contributed by atoms with Gasteiger partial charge >= 0.3 is 0 Å². The molecule has 1 N–H and O–H groups in total. The summed E-state index contributed by atoms with van der Waals surface area (Å²) in [5.74, 6) is 0. The van der Waals surface area contributed by atoms with Gasteiger partial charge in [-0.1, -0.05) is 12.1 Å². The predicted octanol–water partition coefficient (Wildman–Crippen LogP) is 0.699. The summed E-state index contributed by atoms with van der Waals surface area (Å²) in [6.45, 7) is 0. The van der Waals surface area contributed by atoms with Crippen LogP contribution in [0.5, 0.6) is 0 Å². The van der Waals surface area contributed by atoms with Crippen LogP contribution in [0.2, 0.25) is 0 Å². The number of nitrogens with zero attached hydrogens (tertiary/aromatic N) is 2. The number of carbonyl (C=O) groups is 1. The molecule has 0 aliphatic heterocycles. The van der Waals surface area contributed by atoms with Gasteiger partial charge in [0.15, 0.2) is 0 Å². The maximum atomic E-state index is 10.3. The van der Waals surface area contributed by atoms with E-state index in [0.717, 1.165) is 22.9 Å². The highest BCUT2D eigenvalue weighted by Crippen LogP contribution is 2.12. The Morgan fingerprint density at radius 1 is 1.42 bits per heavy atom. The molecule has 1 heterocycles. The lowest BCUT2D eigenvalue weighted by molar-refractivity contribution is -0.107. The normalized spacial score (nSPS) is 10.3. The van der Waals surface area contributed by atoms with Crippen molar-refractivity contribution >= 4 is 17.3 Å². The number of hydrogen-bond donors (Lipinski definition) is 1. The molecule has 2 aromatic rings. The van der Waals surface area contributed by atoms with Gasteiger partial charge in [0.1, 0.15) is 17.3 Å². The first-order valence-electron chi connectivity index (χ1n) is 3.64. The summed E-state index contributed by atoms with van der Waals surface area (Å²) in [5.41, 5.74) is 2.50. The van der Waals surface area contributed by atoms with Crippen LogP contribution in [0.25, 0.3) is 11.0 Å². The van der Waals surface area contributed by atoms with Gasteiger partial charge in [0.25, 0.3) is 0 Å². The Morgan fingerprint density at radius 2 is 2.33 bits per heavy atom. The lowest BCUT2D eigenvalue weighted by Gasteiger charge is -1.93. The van der Waals surface area contributed by atoms with Crippen molar-refractivity contribution in [3.8, 4) is 0 Å². The maximum absolute atomic E-state index is 10.3. The highest BCUT2D eigenvalue weighted by molar-refractivity contribution is 5.79. The number of H-pyrrole nitrogens is 1. The number of fused-ring (bicyclic) bond motifs is 1. The van der Waals surface area contributed by atoms with Crippen LogP contribution >= 0.6 is 0 Å². The quantitative estimate of drug-likeness (QED) is 0.659. The van der Waals surface area contributed by atoms with E-state index in [1.54, 1.807) is 0 Å². The minimum absolute atomic E-state index is 0.393. The monoisotopic (exact) mass is 161 g/mol. The number of benzene rings is 1. The molecule has 0 amide bonds. The minimum Gasteiger partial charge on any atom is -0.303 e. The number of para-hydroxylation sites is 1. The SMILES string of the molecule is O=CCc1cccc2n[nH]nc12. The van der Waals surface area contributed by atoms with Gasteiger partial charge in [-0.25, -0.2) is 0 Å². The van der Waals surface area contributed by atoms with Gasteiger partial charge in [0, 0.05) is 6.42 Å². The molecule has 0 aliphatic carbocycles. The van der Waals surface area contributed by atoms with Crippen LogP contribution in [0.15, 0.2) is 18.2 Å². The Kier molecular flexibility index (Phi) is 1.59. The Labute approximate surface area is 68.6 Å². The highest BCUT2D eigenvalue weighted by Gasteiger charge is 2.02. The van der Waals surface area contributed by atoms with Crippen LogP contribution in [0, 0.1) is 0 Å². The molecule has 12 heavy (non-hydrogen) atoms. The van der Waals surface area contributed by atoms with Crippen molar-refractivity contribution in [2.75, 3.05) is 0 Å². The van der Waals surface area contributed by atoms with Gasteiger partial charge < -0.3 is 4.79 Å². The lowest BCUT2D eigenvalue weighted by atomic mass is 10.1. The zero-order chi connectivity index (χ0) is 8.39. The summed E-state index contributed by atoms with van der Waals surface area (Å²) >= 11 is 0. The second-order valence-corrected chi connectivity index (χ2v) is 2.48. The number of hydrogen-bond acceptors (Lipinski definition) is 3. The van der Waals surface area contributed by atoms with Crippen molar-refractivity contribution < 1.29 is 4.79 Å². The van der Waals surface area contributed by atoms with E-state index in [-0.39, 0.29) is 0 Å². The van der Waals surface area contributed by atoms with Crippen LogP contribution in [-0.2, 0) is 11.2 Å². The number of aromatic amines is 1. The number of aldehydes is 1. The van der Waals surface area contributed by atoms with E-state index in [1.807, 2.05) is 18.2 Å². The third-order valence-corrected chi connectivity index (χ3v) is 1.73. The molecule has 0 spiro atoms. The van der Waals surface area contributed by atoms with Crippen LogP contribution in [0.1, 0.15) is 5.56 Å². The summed E-state index contributed by atoms with van der Waals surface area (Å²) in [6.07, 6.45) is 1.26. The van der Waals surface area contributed by atoms with Crippen molar-refractivity contribution in [3.05, 3.63) is 23.8 Å². The molecule has 0 aliphatic rings. The number of carbonyl (C=O) groups excluding carboxylic acids is 1. The van der Waals surface area contributed by atoms with Crippen LogP contribution < -0.4 is 0 Å². The van der Waals surface area contributed by atoms with Gasteiger partial charge in [-0.15, -0.1) is 0 Å². The molecule has 1 aromatic carbocycles. The van der Waals surface area contributed by atoms with E-state index in [9.17, 15) is 4.79 Å². The van der Waals surface area contributed by atoms with Gasteiger partial charge in [0.05, 0.1) is 0 Å². The zero-order valence-corrected chi connectivity index (χ0v) is 6.32. The van der Waals surface area contributed by atoms with Gasteiger partial charge in [-0.05, 0) is 11.6 Å². The Balaban J connectivity index is 2.65. The molecule has 0 bridgehead atoms. The van der Waals surface area contributed by atoms with Crippen molar-refractivity contribution in [2.45, 2.75) is 6.42 Å². The fourth-order valence-corrected chi connectivity index (χ4v) is 1.18. The number of nitrogens with one attached hydrogen (secondary N) is 1. The molecule has 2 rings (SSSR count). The van der Waals surface area contributed by atoms with Crippen LogP contribution in [0.4, 0.5) is 0 Å². The van der Waals surface area contributed by atoms with E-state index in [0.29, 0.717) is 6.42 Å².